The van der Waals surface area contributed by atoms with Crippen LogP contribution in [0.2, 0.25) is 0 Å². The van der Waals surface area contributed by atoms with Crippen molar-refractivity contribution in [2.75, 3.05) is 0 Å². The Morgan fingerprint density at radius 3 is 2.58 bits per heavy atom. The van der Waals surface area contributed by atoms with Gasteiger partial charge in [0.2, 0.25) is 0 Å². The number of carbonyl (C=O) groups is 2. The average Bonchev–Trinajstić information content (AvgIpc) is 2.27. The number of fused-ring (bicyclic) bond motifs is 1. The molecule has 1 aromatic rings. The molecule has 0 spiro atoms. The number of carbonyl (C=O) groups excluding carboxylic acids is 2. The molecule has 102 valence electrons. The van der Waals surface area contributed by atoms with Gasteiger partial charge in [0.15, 0.2) is 5.78 Å². The Bertz CT molecular complexity index is 541. The predicted octanol–water partition coefficient (Wildman–Crippen LogP) is 3.92. The van der Waals surface area contributed by atoms with Gasteiger partial charge in [-0.25, -0.2) is 0 Å². The quantitative estimate of drug-likeness (QED) is 0.581. The highest BCUT2D eigenvalue weighted by atomic mass is 79.9. The second kappa shape index (κ2) is 5.08. The molecule has 1 aliphatic carbocycles. The molecule has 4 heteroatoms. The first-order valence-corrected chi connectivity index (χ1v) is 7.16. The molecular weight excluding hydrogens is 308 g/mol. The van der Waals surface area contributed by atoms with Gasteiger partial charge in [-0.3, -0.25) is 9.59 Å². The zero-order valence-corrected chi connectivity index (χ0v) is 13.0. The van der Waals surface area contributed by atoms with Crippen LogP contribution in [0, 0.1) is 5.41 Å². The Morgan fingerprint density at radius 2 is 1.95 bits per heavy atom. The molecule has 3 nitrogen and oxygen atoms in total. The lowest BCUT2D eigenvalue weighted by atomic mass is 9.90. The van der Waals surface area contributed by atoms with Gasteiger partial charge in [-0.2, -0.15) is 0 Å². The van der Waals surface area contributed by atoms with Gasteiger partial charge in [-0.05, 0) is 67.2 Å². The van der Waals surface area contributed by atoms with Crippen LogP contribution in [0.15, 0.2) is 16.6 Å². The van der Waals surface area contributed by atoms with Crippen molar-refractivity contribution in [1.29, 1.82) is 0 Å². The zero-order chi connectivity index (χ0) is 14.2. The number of aryl methyl sites for hydroxylation is 1. The zero-order valence-electron chi connectivity index (χ0n) is 11.4. The maximum Gasteiger partial charge on any atom is 0.316 e. The van der Waals surface area contributed by atoms with Gasteiger partial charge >= 0.3 is 5.97 Å². The van der Waals surface area contributed by atoms with E-state index in [2.05, 4.69) is 15.9 Å². The van der Waals surface area contributed by atoms with Crippen molar-refractivity contribution in [3.05, 3.63) is 27.7 Å². The van der Waals surface area contributed by atoms with Crippen LogP contribution >= 0.6 is 15.9 Å². The van der Waals surface area contributed by atoms with Crippen LogP contribution in [0.4, 0.5) is 0 Å². The molecule has 0 saturated carbocycles. The molecule has 0 atom stereocenters. The number of ether oxygens (including phenoxy) is 1. The minimum Gasteiger partial charge on any atom is -0.426 e. The molecule has 1 aromatic carbocycles. The van der Waals surface area contributed by atoms with E-state index in [9.17, 15) is 9.59 Å². The van der Waals surface area contributed by atoms with Crippen molar-refractivity contribution < 1.29 is 14.3 Å². The van der Waals surface area contributed by atoms with Crippen LogP contribution in [0.1, 0.15) is 49.5 Å². The van der Waals surface area contributed by atoms with Gasteiger partial charge in [0.05, 0.1) is 5.41 Å². The Labute approximate surface area is 121 Å². The Balaban J connectivity index is 2.33. The molecule has 0 amide bonds. The normalized spacial score (nSPS) is 15.1. The standard InChI is InChI=1S/C15H17BrO3/c1-15(2,3)14(18)19-10-7-9-5-4-6-12(17)13(9)11(16)8-10/h7-8H,4-6H2,1-3H3. The third-order valence-corrected chi connectivity index (χ3v) is 3.72. The van der Waals surface area contributed by atoms with Crippen LogP contribution in [0.5, 0.6) is 5.75 Å². The van der Waals surface area contributed by atoms with Gasteiger partial charge in [-0.1, -0.05) is 0 Å². The average molecular weight is 325 g/mol. The first-order valence-electron chi connectivity index (χ1n) is 6.37. The van der Waals surface area contributed by atoms with Crippen molar-refractivity contribution in [3.63, 3.8) is 0 Å². The molecule has 0 bridgehead atoms. The predicted molar refractivity (Wildman–Crippen MR) is 76.5 cm³/mol. The molecule has 19 heavy (non-hydrogen) atoms. The number of hydrogen-bond donors (Lipinski definition) is 0. The maximum atomic E-state index is 11.9. The third kappa shape index (κ3) is 3.06. The molecule has 1 aliphatic rings. The number of esters is 1. The Hall–Kier alpha value is -1.16. The highest BCUT2D eigenvalue weighted by Gasteiger charge is 2.26. The van der Waals surface area contributed by atoms with Crippen molar-refractivity contribution in [2.45, 2.75) is 40.0 Å². The molecule has 0 saturated heterocycles. The molecule has 0 radical (unpaired) electrons. The van der Waals surface area contributed by atoms with Crippen molar-refractivity contribution in [1.82, 2.24) is 0 Å². The van der Waals surface area contributed by atoms with E-state index in [1.165, 1.54) is 0 Å². The molecular formula is C15H17BrO3. The fourth-order valence-corrected chi connectivity index (χ4v) is 2.73. The number of ketones is 1. The summed E-state index contributed by atoms with van der Waals surface area (Å²) in [7, 11) is 0. The van der Waals surface area contributed by atoms with Gasteiger partial charge in [0.25, 0.3) is 0 Å². The van der Waals surface area contributed by atoms with E-state index in [0.29, 0.717) is 16.6 Å². The molecule has 0 aliphatic heterocycles. The summed E-state index contributed by atoms with van der Waals surface area (Å²) in [6.07, 6.45) is 2.29. The van der Waals surface area contributed by atoms with Gasteiger partial charge in [-0.15, -0.1) is 0 Å². The van der Waals surface area contributed by atoms with E-state index in [0.717, 1.165) is 24.0 Å². The minimum atomic E-state index is -0.543. The van der Waals surface area contributed by atoms with E-state index in [4.69, 9.17) is 4.74 Å². The van der Waals surface area contributed by atoms with Crippen molar-refractivity contribution >= 4 is 27.7 Å². The molecule has 0 aromatic heterocycles. The van der Waals surface area contributed by atoms with E-state index in [1.54, 1.807) is 12.1 Å². The van der Waals surface area contributed by atoms with Crippen molar-refractivity contribution in [2.24, 2.45) is 5.41 Å². The summed E-state index contributed by atoms with van der Waals surface area (Å²) in [6.45, 7) is 5.44. The van der Waals surface area contributed by atoms with E-state index in [-0.39, 0.29) is 11.8 Å². The summed E-state index contributed by atoms with van der Waals surface area (Å²) in [5, 5.41) is 0. The van der Waals surface area contributed by atoms with Crippen LogP contribution in [0.3, 0.4) is 0 Å². The number of benzene rings is 1. The lowest BCUT2D eigenvalue weighted by molar-refractivity contribution is -0.143. The fraction of sp³-hybridized carbons (Fsp3) is 0.467. The highest BCUT2D eigenvalue weighted by molar-refractivity contribution is 9.10. The topological polar surface area (TPSA) is 43.4 Å². The molecule has 2 rings (SSSR count). The number of hydrogen-bond acceptors (Lipinski definition) is 3. The smallest absolute Gasteiger partial charge is 0.316 e. The van der Waals surface area contributed by atoms with E-state index < -0.39 is 5.41 Å². The van der Waals surface area contributed by atoms with E-state index >= 15 is 0 Å². The minimum absolute atomic E-state index is 0.154. The fourth-order valence-electron chi connectivity index (χ4n) is 2.03. The second-order valence-electron chi connectivity index (χ2n) is 5.86. The SMILES string of the molecule is CC(C)(C)C(=O)Oc1cc(Br)c2c(c1)CCCC2=O. The first kappa shape index (κ1) is 14.3. The summed E-state index contributed by atoms with van der Waals surface area (Å²) >= 11 is 3.40. The molecule has 0 fully saturated rings. The lowest BCUT2D eigenvalue weighted by Gasteiger charge is -2.20. The molecule has 0 N–H and O–H groups in total. The Morgan fingerprint density at radius 1 is 1.26 bits per heavy atom. The number of halogens is 1. The van der Waals surface area contributed by atoms with Gasteiger partial charge < -0.3 is 4.74 Å². The summed E-state index contributed by atoms with van der Waals surface area (Å²) in [5.74, 6) is 0.378. The number of rotatable bonds is 1. The summed E-state index contributed by atoms with van der Waals surface area (Å²) in [4.78, 5) is 23.7. The third-order valence-electron chi connectivity index (χ3n) is 3.10. The maximum absolute atomic E-state index is 11.9. The lowest BCUT2D eigenvalue weighted by Crippen LogP contribution is -2.25. The van der Waals surface area contributed by atoms with E-state index in [1.807, 2.05) is 20.8 Å². The monoisotopic (exact) mass is 324 g/mol. The van der Waals surface area contributed by atoms with Crippen molar-refractivity contribution in [3.8, 4) is 5.75 Å². The largest absolute Gasteiger partial charge is 0.426 e. The van der Waals surface area contributed by atoms with Gasteiger partial charge in [0.1, 0.15) is 5.75 Å². The summed E-state index contributed by atoms with van der Waals surface area (Å²) in [6, 6.07) is 3.51. The van der Waals surface area contributed by atoms with Crippen LogP contribution in [-0.4, -0.2) is 11.8 Å². The second-order valence-corrected chi connectivity index (χ2v) is 6.71. The highest BCUT2D eigenvalue weighted by Crippen LogP contribution is 2.33. The van der Waals surface area contributed by atoms with Crippen LogP contribution < -0.4 is 4.74 Å². The van der Waals surface area contributed by atoms with Crippen LogP contribution in [0.25, 0.3) is 0 Å². The molecule has 0 unspecified atom stereocenters. The Kier molecular flexibility index (Phi) is 3.81. The van der Waals surface area contributed by atoms with Gasteiger partial charge in [0, 0.05) is 16.5 Å². The summed E-state index contributed by atoms with van der Waals surface area (Å²) in [5.41, 5.74) is 1.15. The molecule has 0 heterocycles. The first-order chi connectivity index (χ1) is 8.79. The van der Waals surface area contributed by atoms with Crippen LogP contribution in [-0.2, 0) is 11.2 Å². The summed E-state index contributed by atoms with van der Waals surface area (Å²) < 4.78 is 6.09. The number of Topliss-reactive ketones (excluding diaryl/α,β-unsaturated/α-hetero) is 1.